The lowest BCUT2D eigenvalue weighted by Crippen LogP contribution is -2.00. The van der Waals surface area contributed by atoms with Gasteiger partial charge in [-0.3, -0.25) is 14.4 Å². The molecular formula is C49H35N5. The molecule has 9 aromatic rings. The van der Waals surface area contributed by atoms with Crippen molar-refractivity contribution in [2.75, 3.05) is 0 Å². The molecule has 0 saturated carbocycles. The van der Waals surface area contributed by atoms with Gasteiger partial charge in [0.1, 0.15) is 11.2 Å². The van der Waals surface area contributed by atoms with Gasteiger partial charge in [0, 0.05) is 22.7 Å². The lowest BCUT2D eigenvalue weighted by molar-refractivity contribution is 1.07. The van der Waals surface area contributed by atoms with Crippen LogP contribution in [-0.4, -0.2) is 26.8 Å². The summed E-state index contributed by atoms with van der Waals surface area (Å²) in [6.07, 6.45) is 4.09. The summed E-state index contributed by atoms with van der Waals surface area (Å²) in [6, 6.07) is 60.6. The standard InChI is InChI=1S/C49H35N5/c1-50-44(39-27-23-37(24-28-39)35-12-4-2-5-13-35)32-45(40-29-25-38(26-30-40)36-14-6-3-7-15-36)51-33-34-19-21-41(22-20-34)47-49-48(42-16-8-9-17-43(42)52-47)53-46-18-10-11-31-54(46)49/h2-32H,1,33H2/b44-32-,51-45+. The SMILES string of the molecule is C=N/C(=C\C(=N/Cc1ccc(-c2nc3ccccc3c3nc4ccccn4c23)cc1)c1ccc(-c2ccccc2)cc1)c1ccc(-c2ccccc2)cc1. The third kappa shape index (κ3) is 6.40. The second-order valence-corrected chi connectivity index (χ2v) is 13.2. The number of rotatable bonds is 9. The normalized spacial score (nSPS) is 12.1. The molecule has 54 heavy (non-hydrogen) atoms. The van der Waals surface area contributed by atoms with Crippen LogP contribution in [0.1, 0.15) is 16.7 Å². The fourth-order valence-electron chi connectivity index (χ4n) is 7.00. The van der Waals surface area contributed by atoms with Crippen LogP contribution in [0.25, 0.3) is 66.8 Å². The van der Waals surface area contributed by atoms with Gasteiger partial charge in [0.15, 0.2) is 0 Å². The predicted octanol–water partition coefficient (Wildman–Crippen LogP) is 11.8. The van der Waals surface area contributed by atoms with Gasteiger partial charge in [-0.15, -0.1) is 0 Å². The molecule has 0 bridgehead atoms. The molecule has 0 aliphatic rings. The van der Waals surface area contributed by atoms with Crippen LogP contribution in [0.2, 0.25) is 0 Å². The Morgan fingerprint density at radius 3 is 1.80 bits per heavy atom. The Balaban J connectivity index is 1.07. The third-order valence-corrected chi connectivity index (χ3v) is 9.82. The van der Waals surface area contributed by atoms with Crippen LogP contribution in [0.15, 0.2) is 198 Å². The van der Waals surface area contributed by atoms with Crippen LogP contribution in [0, 0.1) is 0 Å². The van der Waals surface area contributed by atoms with Crippen molar-refractivity contribution in [1.29, 1.82) is 0 Å². The number of para-hydroxylation sites is 1. The lowest BCUT2D eigenvalue weighted by Gasteiger charge is -2.10. The van der Waals surface area contributed by atoms with E-state index in [1.54, 1.807) is 0 Å². The minimum absolute atomic E-state index is 0.486. The quantitative estimate of drug-likeness (QED) is 0.141. The van der Waals surface area contributed by atoms with Crippen molar-refractivity contribution >= 4 is 45.7 Å². The molecule has 0 N–H and O–H groups in total. The highest BCUT2D eigenvalue weighted by atomic mass is 15.0. The Bertz CT molecular complexity index is 2820. The molecule has 0 spiro atoms. The number of hydrogen-bond acceptors (Lipinski definition) is 4. The summed E-state index contributed by atoms with van der Waals surface area (Å²) in [5, 5.41) is 1.05. The molecule has 0 aliphatic carbocycles. The summed E-state index contributed by atoms with van der Waals surface area (Å²) in [5.41, 5.74) is 15.0. The zero-order chi connectivity index (χ0) is 36.3. The van der Waals surface area contributed by atoms with Crippen molar-refractivity contribution in [2.45, 2.75) is 6.54 Å². The maximum atomic E-state index is 5.19. The largest absolute Gasteiger partial charge is 0.298 e. The molecule has 6 aromatic carbocycles. The zero-order valence-corrected chi connectivity index (χ0v) is 29.5. The predicted molar refractivity (Wildman–Crippen MR) is 225 cm³/mol. The minimum atomic E-state index is 0.486. The number of hydrogen-bond donors (Lipinski definition) is 0. The van der Waals surface area contributed by atoms with Gasteiger partial charge in [0.2, 0.25) is 0 Å². The summed E-state index contributed by atoms with van der Waals surface area (Å²) < 4.78 is 2.13. The maximum absolute atomic E-state index is 5.19. The first-order chi connectivity index (χ1) is 26.7. The van der Waals surface area contributed by atoms with Gasteiger partial charge < -0.3 is 0 Å². The first kappa shape index (κ1) is 32.7. The minimum Gasteiger partial charge on any atom is -0.298 e. The van der Waals surface area contributed by atoms with Gasteiger partial charge in [-0.2, -0.15) is 0 Å². The first-order valence-electron chi connectivity index (χ1n) is 18.0. The van der Waals surface area contributed by atoms with E-state index in [1.807, 2.05) is 48.5 Å². The Morgan fingerprint density at radius 1 is 0.556 bits per heavy atom. The summed E-state index contributed by atoms with van der Waals surface area (Å²) >= 11 is 0. The first-order valence-corrected chi connectivity index (χ1v) is 18.0. The molecule has 5 nitrogen and oxygen atoms in total. The number of aromatic nitrogens is 3. The average Bonchev–Trinajstić information content (AvgIpc) is 3.65. The summed E-state index contributed by atoms with van der Waals surface area (Å²) in [7, 11) is 0. The summed E-state index contributed by atoms with van der Waals surface area (Å²) in [5.74, 6) is 0. The van der Waals surface area contributed by atoms with Crippen LogP contribution in [0.4, 0.5) is 0 Å². The van der Waals surface area contributed by atoms with E-state index in [1.165, 1.54) is 11.1 Å². The molecule has 0 aliphatic heterocycles. The Labute approximate surface area is 314 Å². The number of allylic oxidation sites excluding steroid dienone is 1. The topological polar surface area (TPSA) is 54.9 Å². The summed E-state index contributed by atoms with van der Waals surface area (Å²) in [6.45, 7) is 4.43. The number of nitrogens with zero attached hydrogens (tertiary/aromatic N) is 5. The van der Waals surface area contributed by atoms with Gasteiger partial charge >= 0.3 is 0 Å². The van der Waals surface area contributed by atoms with Crippen molar-refractivity contribution in [3.8, 4) is 33.5 Å². The average molecular weight is 694 g/mol. The Morgan fingerprint density at radius 2 is 1.13 bits per heavy atom. The van der Waals surface area contributed by atoms with Crippen molar-refractivity contribution in [3.63, 3.8) is 0 Å². The molecule has 256 valence electrons. The third-order valence-electron chi connectivity index (χ3n) is 9.82. The molecule has 3 heterocycles. The van der Waals surface area contributed by atoms with Crippen LogP contribution < -0.4 is 0 Å². The van der Waals surface area contributed by atoms with Crippen molar-refractivity contribution in [2.24, 2.45) is 9.98 Å². The lowest BCUT2D eigenvalue weighted by atomic mass is 10.00. The van der Waals surface area contributed by atoms with Crippen molar-refractivity contribution < 1.29 is 0 Å². The highest BCUT2D eigenvalue weighted by Crippen LogP contribution is 2.33. The smallest absolute Gasteiger partial charge is 0.137 e. The molecule has 0 saturated heterocycles. The number of fused-ring (bicyclic) bond motifs is 5. The van der Waals surface area contributed by atoms with Crippen LogP contribution in [0.5, 0.6) is 0 Å². The molecule has 0 atom stereocenters. The van der Waals surface area contributed by atoms with Gasteiger partial charge in [-0.25, -0.2) is 9.97 Å². The molecule has 5 heteroatoms. The number of imidazole rings is 1. The van der Waals surface area contributed by atoms with E-state index >= 15 is 0 Å². The Kier molecular flexibility index (Phi) is 8.71. The number of pyridine rings is 2. The highest BCUT2D eigenvalue weighted by molar-refractivity contribution is 6.12. The second-order valence-electron chi connectivity index (χ2n) is 13.2. The van der Waals surface area contributed by atoms with Gasteiger partial charge in [0.05, 0.1) is 34.7 Å². The van der Waals surface area contributed by atoms with Crippen molar-refractivity contribution in [3.05, 3.63) is 205 Å². The molecule has 0 radical (unpaired) electrons. The fourth-order valence-corrected chi connectivity index (χ4v) is 7.00. The van der Waals surface area contributed by atoms with Crippen LogP contribution >= 0.6 is 0 Å². The van der Waals surface area contributed by atoms with Gasteiger partial charge in [-0.1, -0.05) is 158 Å². The molecule has 9 rings (SSSR count). The maximum Gasteiger partial charge on any atom is 0.137 e. The molecule has 3 aromatic heterocycles. The van der Waals surface area contributed by atoms with E-state index < -0.39 is 0 Å². The van der Waals surface area contributed by atoms with E-state index in [-0.39, 0.29) is 0 Å². The summed E-state index contributed by atoms with van der Waals surface area (Å²) in [4.78, 5) is 19.8. The van der Waals surface area contributed by atoms with E-state index in [2.05, 4.69) is 156 Å². The molecule has 0 unspecified atom stereocenters. The van der Waals surface area contributed by atoms with E-state index in [0.717, 1.165) is 78.1 Å². The van der Waals surface area contributed by atoms with E-state index in [9.17, 15) is 0 Å². The monoisotopic (exact) mass is 693 g/mol. The van der Waals surface area contributed by atoms with Crippen LogP contribution in [-0.2, 0) is 6.54 Å². The molecular weight excluding hydrogens is 659 g/mol. The van der Waals surface area contributed by atoms with E-state index in [0.29, 0.717) is 6.54 Å². The van der Waals surface area contributed by atoms with Crippen LogP contribution in [0.3, 0.4) is 0 Å². The molecule has 0 fully saturated rings. The van der Waals surface area contributed by atoms with Crippen molar-refractivity contribution in [1.82, 2.24) is 14.4 Å². The van der Waals surface area contributed by atoms with Gasteiger partial charge in [0.25, 0.3) is 0 Å². The molecule has 0 amide bonds. The number of aliphatic imine (C=N–C) groups is 2. The highest BCUT2D eigenvalue weighted by Gasteiger charge is 2.16. The Hall–Kier alpha value is -7.24. The fraction of sp³-hybridized carbons (Fsp3) is 0.0204. The zero-order valence-electron chi connectivity index (χ0n) is 29.5. The second kappa shape index (κ2) is 14.4. The van der Waals surface area contributed by atoms with Gasteiger partial charge in [-0.05, 0) is 64.4 Å². The number of benzene rings is 6. The van der Waals surface area contributed by atoms with E-state index in [4.69, 9.17) is 15.0 Å².